The molecule has 1 aromatic carbocycles. The van der Waals surface area contributed by atoms with Gasteiger partial charge in [0.15, 0.2) is 6.10 Å². The Hall–Kier alpha value is -0.750. The highest BCUT2D eigenvalue weighted by molar-refractivity contribution is 7.99. The van der Waals surface area contributed by atoms with Crippen LogP contribution in [0.25, 0.3) is 0 Å². The Balaban J connectivity index is 2.33. The first-order valence-electron chi connectivity index (χ1n) is 4.69. The number of aliphatic hydroxyl groups is 2. The van der Waals surface area contributed by atoms with Crippen LogP contribution in [0, 0.1) is 0 Å². The summed E-state index contributed by atoms with van der Waals surface area (Å²) in [6, 6.07) is 3.30. The van der Waals surface area contributed by atoms with Crippen molar-refractivity contribution < 1.29 is 15.0 Å². The summed E-state index contributed by atoms with van der Waals surface area (Å²) in [4.78, 5) is 12.0. The minimum absolute atomic E-state index is 0.0626. The van der Waals surface area contributed by atoms with Gasteiger partial charge in [-0.15, -0.1) is 11.8 Å². The lowest BCUT2D eigenvalue weighted by atomic mass is 10.1. The number of hydrogen-bond donors (Lipinski definition) is 3. The molecule has 1 atom stereocenters. The minimum atomic E-state index is -1.13. The van der Waals surface area contributed by atoms with E-state index in [2.05, 4.69) is 5.32 Å². The molecule has 0 saturated heterocycles. The standard InChI is InChI=1S/C10H10ClNO3S/c11-6-3-5-7(12-10(15)9(5)14)4-8(6)16-2-1-13/h3-4,9,13-14H,1-2H2,(H,12,15). The van der Waals surface area contributed by atoms with E-state index in [-0.39, 0.29) is 6.61 Å². The van der Waals surface area contributed by atoms with E-state index in [0.717, 1.165) is 4.90 Å². The molecule has 1 unspecified atom stereocenters. The normalized spacial score (nSPS) is 18.4. The topological polar surface area (TPSA) is 69.6 Å². The van der Waals surface area contributed by atoms with E-state index < -0.39 is 12.0 Å². The number of amides is 1. The quantitative estimate of drug-likeness (QED) is 0.718. The van der Waals surface area contributed by atoms with Gasteiger partial charge in [0.2, 0.25) is 0 Å². The first-order valence-corrected chi connectivity index (χ1v) is 6.06. The predicted molar refractivity (Wildman–Crippen MR) is 62.9 cm³/mol. The zero-order chi connectivity index (χ0) is 11.7. The van der Waals surface area contributed by atoms with E-state index in [4.69, 9.17) is 16.7 Å². The molecule has 1 aliphatic rings. The number of thioether (sulfide) groups is 1. The molecule has 4 nitrogen and oxygen atoms in total. The minimum Gasteiger partial charge on any atom is -0.396 e. The summed E-state index contributed by atoms with van der Waals surface area (Å²) in [5.74, 6) is 0.102. The number of rotatable bonds is 3. The Morgan fingerprint density at radius 2 is 2.25 bits per heavy atom. The van der Waals surface area contributed by atoms with Crippen LogP contribution in [-0.2, 0) is 4.79 Å². The third-order valence-corrected chi connectivity index (χ3v) is 3.71. The van der Waals surface area contributed by atoms with Crippen LogP contribution < -0.4 is 5.32 Å². The van der Waals surface area contributed by atoms with Crippen molar-refractivity contribution in [2.45, 2.75) is 11.0 Å². The van der Waals surface area contributed by atoms with Crippen LogP contribution in [0.1, 0.15) is 11.7 Å². The molecule has 1 heterocycles. The van der Waals surface area contributed by atoms with Crippen molar-refractivity contribution in [3.8, 4) is 0 Å². The zero-order valence-corrected chi connectivity index (χ0v) is 9.81. The van der Waals surface area contributed by atoms with E-state index in [0.29, 0.717) is 22.0 Å². The van der Waals surface area contributed by atoms with Crippen LogP contribution in [-0.4, -0.2) is 28.5 Å². The molecule has 0 fully saturated rings. The Bertz CT molecular complexity index is 438. The summed E-state index contributed by atoms with van der Waals surface area (Å²) < 4.78 is 0. The number of anilines is 1. The maximum Gasteiger partial charge on any atom is 0.257 e. The molecule has 6 heteroatoms. The van der Waals surface area contributed by atoms with Gasteiger partial charge in [-0.1, -0.05) is 11.6 Å². The number of fused-ring (bicyclic) bond motifs is 1. The molecule has 3 N–H and O–H groups in total. The highest BCUT2D eigenvalue weighted by Crippen LogP contribution is 2.38. The van der Waals surface area contributed by atoms with Crippen LogP contribution in [0.5, 0.6) is 0 Å². The molecule has 1 amide bonds. The number of nitrogens with one attached hydrogen (secondary N) is 1. The molecule has 1 aromatic rings. The lowest BCUT2D eigenvalue weighted by molar-refractivity contribution is -0.123. The molecule has 0 aliphatic carbocycles. The average molecular weight is 260 g/mol. The van der Waals surface area contributed by atoms with E-state index in [1.807, 2.05) is 0 Å². The van der Waals surface area contributed by atoms with Crippen LogP contribution >= 0.6 is 23.4 Å². The Morgan fingerprint density at radius 1 is 1.50 bits per heavy atom. The molecule has 0 saturated carbocycles. The monoisotopic (exact) mass is 259 g/mol. The van der Waals surface area contributed by atoms with Gasteiger partial charge in [0.05, 0.1) is 11.6 Å². The zero-order valence-electron chi connectivity index (χ0n) is 8.24. The van der Waals surface area contributed by atoms with Crippen molar-refractivity contribution in [1.29, 1.82) is 0 Å². The van der Waals surface area contributed by atoms with E-state index >= 15 is 0 Å². The molecular formula is C10H10ClNO3S. The largest absolute Gasteiger partial charge is 0.396 e. The average Bonchev–Trinajstić information content (AvgIpc) is 2.52. The molecule has 0 radical (unpaired) electrons. The Morgan fingerprint density at radius 3 is 2.94 bits per heavy atom. The number of carbonyl (C=O) groups is 1. The van der Waals surface area contributed by atoms with Gasteiger partial charge in [-0.25, -0.2) is 0 Å². The summed E-state index contributed by atoms with van der Waals surface area (Å²) in [7, 11) is 0. The molecule has 0 aromatic heterocycles. The fourth-order valence-electron chi connectivity index (χ4n) is 1.51. The van der Waals surface area contributed by atoms with Gasteiger partial charge in [-0.05, 0) is 12.1 Å². The van der Waals surface area contributed by atoms with Gasteiger partial charge < -0.3 is 15.5 Å². The summed E-state index contributed by atoms with van der Waals surface area (Å²) in [5.41, 5.74) is 1.09. The van der Waals surface area contributed by atoms with Crippen LogP contribution in [0.15, 0.2) is 17.0 Å². The third-order valence-electron chi connectivity index (χ3n) is 2.25. The van der Waals surface area contributed by atoms with E-state index in [1.165, 1.54) is 11.8 Å². The van der Waals surface area contributed by atoms with Gasteiger partial charge in [0, 0.05) is 21.9 Å². The van der Waals surface area contributed by atoms with E-state index in [9.17, 15) is 9.90 Å². The lowest BCUT2D eigenvalue weighted by Crippen LogP contribution is -2.10. The smallest absolute Gasteiger partial charge is 0.257 e. The summed E-state index contributed by atoms with van der Waals surface area (Å²) >= 11 is 7.40. The maximum atomic E-state index is 11.2. The van der Waals surface area contributed by atoms with E-state index in [1.54, 1.807) is 12.1 Å². The van der Waals surface area contributed by atoms with Crippen molar-refractivity contribution >= 4 is 35.0 Å². The molecular weight excluding hydrogens is 250 g/mol. The van der Waals surface area contributed by atoms with Crippen molar-refractivity contribution in [2.75, 3.05) is 17.7 Å². The Kier molecular flexibility index (Phi) is 3.39. The summed E-state index contributed by atoms with van der Waals surface area (Å²) in [6.07, 6.45) is -1.13. The molecule has 16 heavy (non-hydrogen) atoms. The van der Waals surface area contributed by atoms with Gasteiger partial charge in [0.1, 0.15) is 0 Å². The fraction of sp³-hybridized carbons (Fsp3) is 0.300. The fourth-order valence-corrected chi connectivity index (χ4v) is 2.56. The summed E-state index contributed by atoms with van der Waals surface area (Å²) in [6.45, 7) is 0.0626. The second-order valence-corrected chi connectivity index (χ2v) is 4.88. The first-order chi connectivity index (χ1) is 7.63. The molecule has 86 valence electrons. The maximum absolute atomic E-state index is 11.2. The van der Waals surface area contributed by atoms with Crippen molar-refractivity contribution in [2.24, 2.45) is 0 Å². The highest BCUT2D eigenvalue weighted by atomic mass is 35.5. The highest BCUT2D eigenvalue weighted by Gasteiger charge is 2.29. The lowest BCUT2D eigenvalue weighted by Gasteiger charge is -2.07. The number of benzene rings is 1. The SMILES string of the molecule is O=C1Nc2cc(SCCO)c(Cl)cc2C1O. The number of hydrogen-bond acceptors (Lipinski definition) is 4. The second kappa shape index (κ2) is 4.63. The van der Waals surface area contributed by atoms with Crippen molar-refractivity contribution in [3.63, 3.8) is 0 Å². The molecule has 2 rings (SSSR count). The first kappa shape index (κ1) is 11.7. The number of aliphatic hydroxyl groups excluding tert-OH is 2. The molecule has 1 aliphatic heterocycles. The van der Waals surface area contributed by atoms with Crippen molar-refractivity contribution in [3.05, 3.63) is 22.7 Å². The van der Waals surface area contributed by atoms with Crippen LogP contribution in [0.4, 0.5) is 5.69 Å². The number of carbonyl (C=O) groups excluding carboxylic acids is 1. The molecule has 0 bridgehead atoms. The molecule has 0 spiro atoms. The van der Waals surface area contributed by atoms with Gasteiger partial charge in [-0.2, -0.15) is 0 Å². The summed E-state index contributed by atoms with van der Waals surface area (Å²) in [5, 5.41) is 21.3. The van der Waals surface area contributed by atoms with Crippen molar-refractivity contribution in [1.82, 2.24) is 0 Å². The van der Waals surface area contributed by atoms with Crippen LogP contribution in [0.2, 0.25) is 5.02 Å². The van der Waals surface area contributed by atoms with Crippen LogP contribution in [0.3, 0.4) is 0 Å². The van der Waals surface area contributed by atoms with Gasteiger partial charge >= 0.3 is 0 Å². The Labute approximate surface area is 102 Å². The predicted octanol–water partition coefficient (Wildman–Crippen LogP) is 1.41. The second-order valence-electron chi connectivity index (χ2n) is 3.33. The van der Waals surface area contributed by atoms with Gasteiger partial charge in [0.25, 0.3) is 5.91 Å². The number of halogens is 1. The van der Waals surface area contributed by atoms with Gasteiger partial charge in [-0.3, -0.25) is 4.79 Å². The third kappa shape index (κ3) is 2.04.